The molecule has 1 heterocycles. The Morgan fingerprint density at radius 1 is 1.18 bits per heavy atom. The van der Waals surface area contributed by atoms with E-state index in [0.29, 0.717) is 0 Å². The second-order valence-electron chi connectivity index (χ2n) is 4.27. The van der Waals surface area contributed by atoms with Crippen molar-refractivity contribution in [3.8, 4) is 11.3 Å². The van der Waals surface area contributed by atoms with Crippen LogP contribution >= 0.6 is 0 Å². The molecule has 0 saturated carbocycles. The minimum atomic E-state index is 0.755. The molecule has 0 saturated heterocycles. The van der Waals surface area contributed by atoms with Gasteiger partial charge in [-0.15, -0.1) is 0 Å². The van der Waals surface area contributed by atoms with Crippen LogP contribution in [0.4, 0.5) is 0 Å². The smallest absolute Gasteiger partial charge is 0.106 e. The van der Waals surface area contributed by atoms with Crippen molar-refractivity contribution in [2.45, 2.75) is 26.2 Å². The van der Waals surface area contributed by atoms with Gasteiger partial charge in [0.1, 0.15) is 5.82 Å². The van der Waals surface area contributed by atoms with Crippen molar-refractivity contribution < 1.29 is 0 Å². The summed E-state index contributed by atoms with van der Waals surface area (Å²) < 4.78 is 0. The molecule has 0 atom stereocenters. The number of aromatic nitrogens is 2. The largest absolute Gasteiger partial charge is 0.346 e. The molecule has 0 unspecified atom stereocenters. The van der Waals surface area contributed by atoms with Gasteiger partial charge in [-0.3, -0.25) is 0 Å². The highest BCUT2D eigenvalue weighted by molar-refractivity contribution is 5.61. The zero-order chi connectivity index (χ0) is 12.1. The third-order valence-electron chi connectivity index (χ3n) is 2.85. The third kappa shape index (κ3) is 2.94. The highest BCUT2D eigenvalue weighted by atomic mass is 14.9. The molecule has 1 aromatic carbocycles. The molecule has 3 heteroatoms. The predicted molar refractivity (Wildman–Crippen MR) is 70.8 cm³/mol. The predicted octanol–water partition coefficient (Wildman–Crippen LogP) is 2.67. The Morgan fingerprint density at radius 3 is 2.65 bits per heavy atom. The minimum absolute atomic E-state index is 0.755. The number of aromatic amines is 1. The maximum Gasteiger partial charge on any atom is 0.106 e. The molecule has 0 bridgehead atoms. The molecule has 3 nitrogen and oxygen atoms in total. The maximum atomic E-state index is 5.49. The van der Waals surface area contributed by atoms with Gasteiger partial charge < -0.3 is 10.7 Å². The molecular weight excluding hydrogens is 210 g/mol. The van der Waals surface area contributed by atoms with Crippen molar-refractivity contribution in [1.29, 1.82) is 0 Å². The number of aryl methyl sites for hydroxylation is 2. The second kappa shape index (κ2) is 5.64. The van der Waals surface area contributed by atoms with Gasteiger partial charge >= 0.3 is 0 Å². The van der Waals surface area contributed by atoms with Gasteiger partial charge in [0.15, 0.2) is 0 Å². The molecule has 0 aliphatic rings. The number of nitrogens with two attached hydrogens (primary N) is 1. The van der Waals surface area contributed by atoms with Crippen molar-refractivity contribution >= 4 is 0 Å². The molecule has 0 fully saturated rings. The highest BCUT2D eigenvalue weighted by Crippen LogP contribution is 2.21. The van der Waals surface area contributed by atoms with Crippen molar-refractivity contribution in [3.05, 3.63) is 41.9 Å². The molecular formula is C14H19N3. The first-order chi connectivity index (χ1) is 8.31. The van der Waals surface area contributed by atoms with Crippen LogP contribution < -0.4 is 5.73 Å². The Bertz CT molecular complexity index is 460. The number of hydrogen-bond donors (Lipinski definition) is 2. The summed E-state index contributed by atoms with van der Waals surface area (Å²) in [5.74, 6) is 1.06. The van der Waals surface area contributed by atoms with Crippen LogP contribution in [-0.2, 0) is 6.42 Å². The van der Waals surface area contributed by atoms with E-state index < -0.39 is 0 Å². The van der Waals surface area contributed by atoms with Crippen LogP contribution in [0.3, 0.4) is 0 Å². The van der Waals surface area contributed by atoms with Crippen LogP contribution in [0.5, 0.6) is 0 Å². The van der Waals surface area contributed by atoms with Gasteiger partial charge in [0.05, 0.1) is 5.69 Å². The number of benzene rings is 1. The summed E-state index contributed by atoms with van der Waals surface area (Å²) in [6.07, 6.45) is 3.13. The van der Waals surface area contributed by atoms with Gasteiger partial charge in [-0.25, -0.2) is 4.98 Å². The van der Waals surface area contributed by atoms with E-state index in [1.807, 2.05) is 18.2 Å². The number of imidazole rings is 1. The zero-order valence-electron chi connectivity index (χ0n) is 10.2. The summed E-state index contributed by atoms with van der Waals surface area (Å²) in [6, 6.07) is 10.3. The van der Waals surface area contributed by atoms with E-state index in [2.05, 4.69) is 29.0 Å². The third-order valence-corrected chi connectivity index (χ3v) is 2.85. The van der Waals surface area contributed by atoms with Crippen LogP contribution in [0, 0.1) is 6.92 Å². The lowest BCUT2D eigenvalue weighted by molar-refractivity contribution is 0.722. The SMILES string of the molecule is Cc1[nH]c(CCCCN)nc1-c1ccccc1. The molecule has 0 aliphatic heterocycles. The Hall–Kier alpha value is -1.61. The topological polar surface area (TPSA) is 54.7 Å². The minimum Gasteiger partial charge on any atom is -0.346 e. The number of nitrogens with zero attached hydrogens (tertiary/aromatic N) is 1. The number of H-pyrrole nitrogens is 1. The summed E-state index contributed by atoms with van der Waals surface area (Å²) >= 11 is 0. The van der Waals surface area contributed by atoms with Crippen LogP contribution in [0.1, 0.15) is 24.4 Å². The normalized spacial score (nSPS) is 10.7. The summed E-state index contributed by atoms with van der Waals surface area (Å²) in [5, 5.41) is 0. The number of rotatable bonds is 5. The first-order valence-electron chi connectivity index (χ1n) is 6.12. The van der Waals surface area contributed by atoms with Crippen molar-refractivity contribution in [2.75, 3.05) is 6.54 Å². The van der Waals surface area contributed by atoms with Gasteiger partial charge in [-0.2, -0.15) is 0 Å². The summed E-state index contributed by atoms with van der Waals surface area (Å²) in [5.41, 5.74) is 8.86. The lowest BCUT2D eigenvalue weighted by atomic mass is 10.1. The van der Waals surface area contributed by atoms with Crippen molar-refractivity contribution in [3.63, 3.8) is 0 Å². The fourth-order valence-corrected chi connectivity index (χ4v) is 1.95. The van der Waals surface area contributed by atoms with E-state index in [9.17, 15) is 0 Å². The van der Waals surface area contributed by atoms with E-state index in [1.54, 1.807) is 0 Å². The molecule has 0 aliphatic carbocycles. The van der Waals surface area contributed by atoms with Crippen molar-refractivity contribution in [2.24, 2.45) is 5.73 Å². The van der Waals surface area contributed by atoms with Gasteiger partial charge in [0.2, 0.25) is 0 Å². The summed E-state index contributed by atoms with van der Waals surface area (Å²) in [7, 11) is 0. The first kappa shape index (κ1) is 11.9. The van der Waals surface area contributed by atoms with Crippen LogP contribution in [0.15, 0.2) is 30.3 Å². The van der Waals surface area contributed by atoms with Gasteiger partial charge in [-0.05, 0) is 26.3 Å². The molecule has 0 radical (unpaired) electrons. The molecule has 0 amide bonds. The standard InChI is InChI=1S/C14H19N3/c1-11-14(12-7-3-2-4-8-12)17-13(16-11)9-5-6-10-15/h2-4,7-8H,5-6,9-10,15H2,1H3,(H,16,17). The van der Waals surface area contributed by atoms with E-state index in [4.69, 9.17) is 5.73 Å². The second-order valence-corrected chi connectivity index (χ2v) is 4.27. The maximum absolute atomic E-state index is 5.49. The summed E-state index contributed by atoms with van der Waals surface area (Å²) in [6.45, 7) is 2.83. The first-order valence-corrected chi connectivity index (χ1v) is 6.12. The van der Waals surface area contributed by atoms with Crippen molar-refractivity contribution in [1.82, 2.24) is 9.97 Å². The Balaban J connectivity index is 2.14. The van der Waals surface area contributed by atoms with Crippen LogP contribution in [0.25, 0.3) is 11.3 Å². The molecule has 0 spiro atoms. The van der Waals surface area contributed by atoms with Gasteiger partial charge in [0, 0.05) is 17.7 Å². The lowest BCUT2D eigenvalue weighted by Gasteiger charge is -1.96. The fraction of sp³-hybridized carbons (Fsp3) is 0.357. The highest BCUT2D eigenvalue weighted by Gasteiger charge is 2.07. The van der Waals surface area contributed by atoms with Gasteiger partial charge in [-0.1, -0.05) is 30.3 Å². The number of hydrogen-bond acceptors (Lipinski definition) is 2. The lowest BCUT2D eigenvalue weighted by Crippen LogP contribution is -1.99. The molecule has 2 aromatic rings. The monoisotopic (exact) mass is 229 g/mol. The molecule has 17 heavy (non-hydrogen) atoms. The Labute approximate surface area is 102 Å². The zero-order valence-corrected chi connectivity index (χ0v) is 10.2. The van der Waals surface area contributed by atoms with Gasteiger partial charge in [0.25, 0.3) is 0 Å². The van der Waals surface area contributed by atoms with E-state index >= 15 is 0 Å². The van der Waals surface area contributed by atoms with Crippen LogP contribution in [-0.4, -0.2) is 16.5 Å². The molecule has 2 rings (SSSR count). The molecule has 1 aromatic heterocycles. The summed E-state index contributed by atoms with van der Waals surface area (Å²) in [4.78, 5) is 8.01. The van der Waals surface area contributed by atoms with E-state index in [1.165, 1.54) is 5.56 Å². The van der Waals surface area contributed by atoms with Crippen LogP contribution in [0.2, 0.25) is 0 Å². The average molecular weight is 229 g/mol. The average Bonchev–Trinajstić information content (AvgIpc) is 2.72. The van der Waals surface area contributed by atoms with E-state index in [0.717, 1.165) is 43.0 Å². The quantitative estimate of drug-likeness (QED) is 0.774. The molecule has 90 valence electrons. The number of nitrogens with one attached hydrogen (secondary N) is 1. The number of unbranched alkanes of at least 4 members (excludes halogenated alkanes) is 1. The molecule has 3 N–H and O–H groups in total. The Kier molecular flexibility index (Phi) is 3.94. The van der Waals surface area contributed by atoms with E-state index in [-0.39, 0.29) is 0 Å². The Morgan fingerprint density at radius 2 is 1.94 bits per heavy atom. The fourth-order valence-electron chi connectivity index (χ4n) is 1.95.